The van der Waals surface area contributed by atoms with E-state index in [1.807, 2.05) is 27.7 Å². The molecule has 94 valence electrons. The van der Waals surface area contributed by atoms with Crippen LogP contribution in [0.25, 0.3) is 0 Å². The fourth-order valence-electron chi connectivity index (χ4n) is 1.44. The van der Waals surface area contributed by atoms with Crippen LogP contribution in [0.4, 0.5) is 5.82 Å². The van der Waals surface area contributed by atoms with E-state index < -0.39 is 5.97 Å². The van der Waals surface area contributed by atoms with Gasteiger partial charge in [0.15, 0.2) is 0 Å². The Labute approximate surface area is 101 Å². The van der Waals surface area contributed by atoms with E-state index in [1.165, 1.54) is 0 Å². The third-order valence-corrected chi connectivity index (χ3v) is 2.72. The van der Waals surface area contributed by atoms with Crippen LogP contribution in [0.2, 0.25) is 0 Å². The first-order chi connectivity index (χ1) is 7.90. The Balaban J connectivity index is 2.78. The Morgan fingerprint density at radius 3 is 2.53 bits per heavy atom. The zero-order valence-corrected chi connectivity index (χ0v) is 10.7. The van der Waals surface area contributed by atoms with Gasteiger partial charge in [0, 0.05) is 6.04 Å². The van der Waals surface area contributed by atoms with Crippen LogP contribution in [0.3, 0.4) is 0 Å². The summed E-state index contributed by atoms with van der Waals surface area (Å²) < 4.78 is 0. The SMILES string of the molecule is Cc1ncc(NC(CC(=O)O)C(C)C)nc1C. The predicted molar refractivity (Wildman–Crippen MR) is 66.0 cm³/mol. The number of carboxylic acid groups (broad SMARTS) is 1. The monoisotopic (exact) mass is 237 g/mol. The van der Waals surface area contributed by atoms with E-state index in [4.69, 9.17) is 5.11 Å². The number of rotatable bonds is 5. The summed E-state index contributed by atoms with van der Waals surface area (Å²) in [4.78, 5) is 19.3. The van der Waals surface area contributed by atoms with E-state index >= 15 is 0 Å². The highest BCUT2D eigenvalue weighted by Crippen LogP contribution is 2.14. The van der Waals surface area contributed by atoms with Crippen LogP contribution in [0.5, 0.6) is 0 Å². The first-order valence-electron chi connectivity index (χ1n) is 5.68. The van der Waals surface area contributed by atoms with Gasteiger partial charge in [0.05, 0.1) is 24.0 Å². The molecule has 0 bridgehead atoms. The van der Waals surface area contributed by atoms with Crippen molar-refractivity contribution in [1.29, 1.82) is 0 Å². The van der Waals surface area contributed by atoms with Gasteiger partial charge in [-0.25, -0.2) is 4.98 Å². The maximum absolute atomic E-state index is 10.7. The molecule has 1 unspecified atom stereocenters. The summed E-state index contributed by atoms with van der Waals surface area (Å²) >= 11 is 0. The Kier molecular flexibility index (Phi) is 4.43. The fourth-order valence-corrected chi connectivity index (χ4v) is 1.44. The summed E-state index contributed by atoms with van der Waals surface area (Å²) in [6.45, 7) is 7.74. The van der Waals surface area contributed by atoms with E-state index in [0.717, 1.165) is 11.4 Å². The van der Waals surface area contributed by atoms with Crippen molar-refractivity contribution in [2.24, 2.45) is 5.92 Å². The quantitative estimate of drug-likeness (QED) is 0.819. The third kappa shape index (κ3) is 4.01. The summed E-state index contributed by atoms with van der Waals surface area (Å²) in [7, 11) is 0. The minimum Gasteiger partial charge on any atom is -0.481 e. The summed E-state index contributed by atoms with van der Waals surface area (Å²) in [5.74, 6) is 0.0375. The first kappa shape index (κ1) is 13.4. The number of hydrogen-bond acceptors (Lipinski definition) is 4. The number of aromatic nitrogens is 2. The maximum Gasteiger partial charge on any atom is 0.305 e. The normalized spacial score (nSPS) is 12.5. The van der Waals surface area contributed by atoms with Gasteiger partial charge in [-0.15, -0.1) is 0 Å². The molecule has 1 aromatic heterocycles. The zero-order chi connectivity index (χ0) is 13.0. The lowest BCUT2D eigenvalue weighted by atomic mass is 10.0. The lowest BCUT2D eigenvalue weighted by Crippen LogP contribution is -2.29. The van der Waals surface area contributed by atoms with Crippen LogP contribution >= 0.6 is 0 Å². The van der Waals surface area contributed by atoms with Crippen molar-refractivity contribution in [2.75, 3.05) is 5.32 Å². The molecule has 1 aromatic rings. The van der Waals surface area contributed by atoms with Crippen molar-refractivity contribution in [3.63, 3.8) is 0 Å². The molecule has 2 N–H and O–H groups in total. The Bertz CT molecular complexity index is 405. The van der Waals surface area contributed by atoms with Crippen LogP contribution in [0.1, 0.15) is 31.7 Å². The zero-order valence-electron chi connectivity index (χ0n) is 10.7. The fraction of sp³-hybridized carbons (Fsp3) is 0.583. The van der Waals surface area contributed by atoms with E-state index in [-0.39, 0.29) is 18.4 Å². The van der Waals surface area contributed by atoms with Crippen LogP contribution in [-0.4, -0.2) is 27.1 Å². The van der Waals surface area contributed by atoms with E-state index in [9.17, 15) is 4.79 Å². The third-order valence-electron chi connectivity index (χ3n) is 2.72. The molecule has 0 amide bonds. The van der Waals surface area contributed by atoms with Crippen molar-refractivity contribution in [2.45, 2.75) is 40.2 Å². The maximum atomic E-state index is 10.7. The van der Waals surface area contributed by atoms with Gasteiger partial charge in [0.1, 0.15) is 5.82 Å². The average Bonchev–Trinajstić information content (AvgIpc) is 2.21. The van der Waals surface area contributed by atoms with Crippen molar-refractivity contribution >= 4 is 11.8 Å². The minimum absolute atomic E-state index is 0.0757. The number of aryl methyl sites for hydroxylation is 2. The predicted octanol–water partition coefficient (Wildman–Crippen LogP) is 2.00. The summed E-state index contributed by atoms with van der Waals surface area (Å²) in [6, 6.07) is -0.135. The molecule has 0 saturated heterocycles. The number of aliphatic carboxylic acids is 1. The number of hydrogen-bond donors (Lipinski definition) is 2. The summed E-state index contributed by atoms with van der Waals surface area (Å²) in [6.07, 6.45) is 1.71. The molecule has 0 fully saturated rings. The second-order valence-electron chi connectivity index (χ2n) is 4.52. The van der Waals surface area contributed by atoms with Gasteiger partial charge in [0.2, 0.25) is 0 Å². The van der Waals surface area contributed by atoms with Crippen LogP contribution < -0.4 is 5.32 Å². The average molecular weight is 237 g/mol. The van der Waals surface area contributed by atoms with Crippen molar-refractivity contribution in [1.82, 2.24) is 9.97 Å². The van der Waals surface area contributed by atoms with Gasteiger partial charge in [-0.05, 0) is 19.8 Å². The Morgan fingerprint density at radius 1 is 1.41 bits per heavy atom. The molecule has 1 heterocycles. The second kappa shape index (κ2) is 5.61. The molecule has 0 aliphatic rings. The molecule has 1 rings (SSSR count). The molecular weight excluding hydrogens is 218 g/mol. The molecular formula is C12H19N3O2. The van der Waals surface area contributed by atoms with Crippen LogP contribution in [-0.2, 0) is 4.79 Å². The number of nitrogens with zero attached hydrogens (tertiary/aromatic N) is 2. The summed E-state index contributed by atoms with van der Waals surface area (Å²) in [5, 5.41) is 12.0. The highest BCUT2D eigenvalue weighted by atomic mass is 16.4. The lowest BCUT2D eigenvalue weighted by molar-refractivity contribution is -0.137. The molecule has 0 aliphatic carbocycles. The van der Waals surface area contributed by atoms with Crippen molar-refractivity contribution in [3.05, 3.63) is 17.6 Å². The topological polar surface area (TPSA) is 75.1 Å². The molecule has 0 aromatic carbocycles. The van der Waals surface area contributed by atoms with Gasteiger partial charge in [-0.3, -0.25) is 9.78 Å². The standard InChI is InChI=1S/C12H19N3O2/c1-7(2)10(5-12(16)17)15-11-6-13-8(3)9(4)14-11/h6-7,10H,5H2,1-4H3,(H,14,15)(H,16,17). The molecule has 17 heavy (non-hydrogen) atoms. The van der Waals surface area contributed by atoms with E-state index in [2.05, 4.69) is 15.3 Å². The van der Waals surface area contributed by atoms with Crippen LogP contribution in [0.15, 0.2) is 6.20 Å². The van der Waals surface area contributed by atoms with Crippen LogP contribution in [0, 0.1) is 19.8 Å². The Hall–Kier alpha value is -1.65. The smallest absolute Gasteiger partial charge is 0.305 e. The minimum atomic E-state index is -0.812. The molecule has 0 saturated carbocycles. The summed E-state index contributed by atoms with van der Waals surface area (Å²) in [5.41, 5.74) is 1.74. The van der Waals surface area contributed by atoms with Gasteiger partial charge < -0.3 is 10.4 Å². The molecule has 0 radical (unpaired) electrons. The van der Waals surface area contributed by atoms with Crippen molar-refractivity contribution in [3.8, 4) is 0 Å². The highest BCUT2D eigenvalue weighted by Gasteiger charge is 2.17. The number of carboxylic acids is 1. The molecule has 5 heteroatoms. The molecule has 0 spiro atoms. The molecule has 0 aliphatic heterocycles. The van der Waals surface area contributed by atoms with Gasteiger partial charge in [-0.1, -0.05) is 13.8 Å². The molecule has 5 nitrogen and oxygen atoms in total. The van der Waals surface area contributed by atoms with Crippen molar-refractivity contribution < 1.29 is 9.90 Å². The Morgan fingerprint density at radius 2 is 2.06 bits per heavy atom. The second-order valence-corrected chi connectivity index (χ2v) is 4.52. The first-order valence-corrected chi connectivity index (χ1v) is 5.68. The number of anilines is 1. The van der Waals surface area contributed by atoms with E-state index in [1.54, 1.807) is 6.20 Å². The number of carbonyl (C=O) groups is 1. The van der Waals surface area contributed by atoms with E-state index in [0.29, 0.717) is 5.82 Å². The lowest BCUT2D eigenvalue weighted by Gasteiger charge is -2.21. The molecule has 1 atom stereocenters. The van der Waals surface area contributed by atoms with Gasteiger partial charge >= 0.3 is 5.97 Å². The largest absolute Gasteiger partial charge is 0.481 e. The number of nitrogens with one attached hydrogen (secondary N) is 1. The van der Waals surface area contributed by atoms with Gasteiger partial charge in [-0.2, -0.15) is 0 Å². The highest BCUT2D eigenvalue weighted by molar-refractivity contribution is 5.68. The van der Waals surface area contributed by atoms with Gasteiger partial charge in [0.25, 0.3) is 0 Å².